The number of nitrogens with zero attached hydrogens (tertiary/aromatic N) is 3. The molecule has 1 aliphatic heterocycles. The number of ketones is 1. The fourth-order valence-electron chi connectivity index (χ4n) is 4.15. The van der Waals surface area contributed by atoms with Gasteiger partial charge in [0.15, 0.2) is 17.3 Å². The predicted molar refractivity (Wildman–Crippen MR) is 130 cm³/mol. The zero-order valence-electron chi connectivity index (χ0n) is 19.0. The van der Waals surface area contributed by atoms with Gasteiger partial charge in [-0.2, -0.15) is 0 Å². The molecule has 2 aromatic heterocycles. The van der Waals surface area contributed by atoms with Crippen LogP contribution in [0.25, 0.3) is 10.9 Å². The number of hydrogen-bond acceptors (Lipinski definition) is 7. The van der Waals surface area contributed by atoms with Gasteiger partial charge in [-0.15, -0.1) is 0 Å². The first-order chi connectivity index (χ1) is 16.5. The summed E-state index contributed by atoms with van der Waals surface area (Å²) in [6.45, 7) is 7.09. The molecule has 0 atom stereocenters. The number of Topliss-reactive ketones (excluding diaryl/α,β-unsaturated/α-hetero) is 1. The third-order valence-corrected chi connectivity index (χ3v) is 5.82. The molecule has 0 aliphatic carbocycles. The molecule has 5 rings (SSSR count). The number of benzene rings is 2. The Hall–Kier alpha value is -3.98. The molecule has 34 heavy (non-hydrogen) atoms. The van der Waals surface area contributed by atoms with Crippen LogP contribution in [0.15, 0.2) is 48.8 Å². The molecule has 0 unspecified atom stereocenters. The van der Waals surface area contributed by atoms with Crippen LogP contribution in [0.2, 0.25) is 0 Å². The van der Waals surface area contributed by atoms with E-state index < -0.39 is 5.82 Å². The Labute approximate surface area is 196 Å². The van der Waals surface area contributed by atoms with Gasteiger partial charge in [0.2, 0.25) is 5.88 Å². The van der Waals surface area contributed by atoms with E-state index in [0.29, 0.717) is 16.7 Å². The van der Waals surface area contributed by atoms with Crippen molar-refractivity contribution in [1.29, 1.82) is 0 Å². The summed E-state index contributed by atoms with van der Waals surface area (Å²) in [5.41, 5.74) is 3.56. The Morgan fingerprint density at radius 2 is 1.88 bits per heavy atom. The maximum atomic E-state index is 15.0. The average molecular weight is 461 g/mol. The molecule has 1 fully saturated rings. The Balaban J connectivity index is 1.42. The lowest BCUT2D eigenvalue weighted by molar-refractivity contribution is 0.101. The first kappa shape index (κ1) is 21.8. The molecular formula is C25H25FN6O2. The van der Waals surface area contributed by atoms with Crippen molar-refractivity contribution in [1.82, 2.24) is 20.3 Å². The quantitative estimate of drug-likeness (QED) is 0.363. The van der Waals surface area contributed by atoms with Crippen LogP contribution in [0.1, 0.15) is 23.0 Å². The second-order valence-electron chi connectivity index (χ2n) is 8.26. The normalized spacial score (nSPS) is 13.8. The highest BCUT2D eigenvalue weighted by atomic mass is 19.1. The van der Waals surface area contributed by atoms with E-state index in [0.717, 1.165) is 43.2 Å². The average Bonchev–Trinajstić information content (AvgIpc) is 3.23. The molecule has 0 amide bonds. The van der Waals surface area contributed by atoms with Gasteiger partial charge in [-0.05, 0) is 56.3 Å². The number of rotatable bonds is 6. The lowest BCUT2D eigenvalue weighted by atomic mass is 10.2. The molecule has 174 valence electrons. The number of carbonyl (C=O) groups is 1. The summed E-state index contributed by atoms with van der Waals surface area (Å²) in [5, 5.41) is 6.93. The Kier molecular flexibility index (Phi) is 5.85. The molecule has 0 saturated carbocycles. The molecular weight excluding hydrogens is 435 g/mol. The maximum absolute atomic E-state index is 15.0. The molecule has 9 heteroatoms. The fraction of sp³-hybridized carbons (Fsp3) is 0.240. The van der Waals surface area contributed by atoms with E-state index in [1.54, 1.807) is 12.1 Å². The number of H-pyrrole nitrogens is 1. The number of hydrogen-bond donors (Lipinski definition) is 3. The summed E-state index contributed by atoms with van der Waals surface area (Å²) < 4.78 is 20.8. The SMILES string of the molecule is CC(=O)c1c(Nc2ccc(N3CCNCC3)cc2)ncnc1Oc1ccc2[nH]c(C)cc2c1F. The summed E-state index contributed by atoms with van der Waals surface area (Å²) in [7, 11) is 0. The van der Waals surface area contributed by atoms with Gasteiger partial charge in [0, 0.05) is 54.2 Å². The lowest BCUT2D eigenvalue weighted by Gasteiger charge is -2.29. The first-order valence-corrected chi connectivity index (χ1v) is 11.1. The van der Waals surface area contributed by atoms with Crippen LogP contribution in [0.3, 0.4) is 0 Å². The van der Waals surface area contributed by atoms with Gasteiger partial charge in [0.1, 0.15) is 17.7 Å². The zero-order chi connectivity index (χ0) is 23.7. The predicted octanol–water partition coefficient (Wildman–Crippen LogP) is 4.55. The van der Waals surface area contributed by atoms with Crippen molar-refractivity contribution < 1.29 is 13.9 Å². The highest BCUT2D eigenvalue weighted by molar-refractivity contribution is 6.01. The standard InChI is InChI=1S/C25H25FN6O2/c1-15-13-19-20(30-15)7-8-21(23(19)26)34-25-22(16(2)33)24(28-14-29-25)31-17-3-5-18(6-4-17)32-11-9-27-10-12-32/h3-8,13-14,27,30H,9-12H2,1-2H3,(H,28,29,31). The van der Waals surface area contributed by atoms with Gasteiger partial charge in [0.05, 0.1) is 0 Å². The van der Waals surface area contributed by atoms with E-state index in [9.17, 15) is 4.79 Å². The van der Waals surface area contributed by atoms with Crippen molar-refractivity contribution in [2.24, 2.45) is 0 Å². The molecule has 1 aliphatic rings. The summed E-state index contributed by atoms with van der Waals surface area (Å²) in [6, 6.07) is 12.9. The number of aromatic amines is 1. The molecule has 0 spiro atoms. The second kappa shape index (κ2) is 9.11. The van der Waals surface area contributed by atoms with Crippen LogP contribution in [0.5, 0.6) is 11.6 Å². The molecule has 0 bridgehead atoms. The third kappa shape index (κ3) is 4.29. The Bertz CT molecular complexity index is 1350. The van der Waals surface area contributed by atoms with Crippen molar-refractivity contribution in [2.45, 2.75) is 13.8 Å². The maximum Gasteiger partial charge on any atom is 0.235 e. The molecule has 3 N–H and O–H groups in total. The minimum Gasteiger partial charge on any atom is -0.435 e. The van der Waals surface area contributed by atoms with Crippen molar-refractivity contribution in [3.05, 3.63) is 65.9 Å². The van der Waals surface area contributed by atoms with Crippen LogP contribution < -0.4 is 20.3 Å². The minimum atomic E-state index is -0.520. The first-order valence-electron chi connectivity index (χ1n) is 11.1. The third-order valence-electron chi connectivity index (χ3n) is 5.82. The van der Waals surface area contributed by atoms with E-state index in [4.69, 9.17) is 4.74 Å². The minimum absolute atomic E-state index is 0.00653. The summed E-state index contributed by atoms with van der Waals surface area (Å²) in [5.74, 6) is -0.541. The van der Waals surface area contributed by atoms with Gasteiger partial charge in [-0.1, -0.05) is 0 Å². The van der Waals surface area contributed by atoms with Gasteiger partial charge in [0.25, 0.3) is 0 Å². The largest absolute Gasteiger partial charge is 0.435 e. The zero-order valence-corrected chi connectivity index (χ0v) is 19.0. The van der Waals surface area contributed by atoms with Crippen molar-refractivity contribution in [3.63, 3.8) is 0 Å². The molecule has 3 heterocycles. The van der Waals surface area contributed by atoms with Gasteiger partial charge in [-0.25, -0.2) is 14.4 Å². The van der Waals surface area contributed by atoms with E-state index >= 15 is 4.39 Å². The number of halogens is 1. The molecule has 2 aromatic carbocycles. The summed E-state index contributed by atoms with van der Waals surface area (Å²) in [4.78, 5) is 26.3. The number of carbonyl (C=O) groups excluding carboxylic acids is 1. The molecule has 1 saturated heterocycles. The second-order valence-corrected chi connectivity index (χ2v) is 8.26. The number of ether oxygens (including phenoxy) is 1. The molecule has 4 aromatic rings. The van der Waals surface area contributed by atoms with Crippen LogP contribution in [-0.2, 0) is 0 Å². The van der Waals surface area contributed by atoms with E-state index in [1.165, 1.54) is 19.3 Å². The van der Waals surface area contributed by atoms with Crippen LogP contribution in [0.4, 0.5) is 21.6 Å². The number of anilines is 3. The van der Waals surface area contributed by atoms with Gasteiger partial charge in [-0.3, -0.25) is 4.79 Å². The van der Waals surface area contributed by atoms with Gasteiger partial charge < -0.3 is 25.3 Å². The number of piperazine rings is 1. The molecule has 8 nitrogen and oxygen atoms in total. The summed E-state index contributed by atoms with van der Waals surface area (Å²) >= 11 is 0. The highest BCUT2D eigenvalue weighted by Crippen LogP contribution is 2.33. The Morgan fingerprint density at radius 1 is 1.12 bits per heavy atom. The molecule has 0 radical (unpaired) electrons. The van der Waals surface area contributed by atoms with Crippen LogP contribution >= 0.6 is 0 Å². The highest BCUT2D eigenvalue weighted by Gasteiger charge is 2.20. The van der Waals surface area contributed by atoms with Crippen molar-refractivity contribution >= 4 is 33.9 Å². The number of aromatic nitrogens is 3. The fourth-order valence-corrected chi connectivity index (χ4v) is 4.15. The van der Waals surface area contributed by atoms with E-state index in [-0.39, 0.29) is 23.0 Å². The van der Waals surface area contributed by atoms with Crippen molar-refractivity contribution in [2.75, 3.05) is 36.4 Å². The van der Waals surface area contributed by atoms with Crippen LogP contribution in [0, 0.1) is 12.7 Å². The number of aryl methyl sites for hydroxylation is 1. The number of nitrogens with one attached hydrogen (secondary N) is 3. The summed E-state index contributed by atoms with van der Waals surface area (Å²) in [6.07, 6.45) is 1.29. The lowest BCUT2D eigenvalue weighted by Crippen LogP contribution is -2.43. The van der Waals surface area contributed by atoms with Gasteiger partial charge >= 0.3 is 0 Å². The topological polar surface area (TPSA) is 95.2 Å². The number of fused-ring (bicyclic) bond motifs is 1. The smallest absolute Gasteiger partial charge is 0.235 e. The monoisotopic (exact) mass is 460 g/mol. The van der Waals surface area contributed by atoms with E-state index in [1.807, 2.05) is 31.2 Å². The van der Waals surface area contributed by atoms with Crippen molar-refractivity contribution in [3.8, 4) is 11.6 Å². The van der Waals surface area contributed by atoms with E-state index in [2.05, 4.69) is 30.5 Å². The Morgan fingerprint density at radius 3 is 2.62 bits per heavy atom. The van der Waals surface area contributed by atoms with Crippen LogP contribution in [-0.4, -0.2) is 46.9 Å².